The Morgan fingerprint density at radius 3 is 2.08 bits per heavy atom. The van der Waals surface area contributed by atoms with Gasteiger partial charge in [-0.15, -0.1) is 12.4 Å². The molecule has 0 fully saturated rings. The minimum atomic E-state index is -1.24. The van der Waals surface area contributed by atoms with Crippen molar-refractivity contribution in [2.45, 2.75) is 12.8 Å². The third kappa shape index (κ3) is 7.39. The van der Waals surface area contributed by atoms with Gasteiger partial charge in [0, 0.05) is 29.8 Å². The van der Waals surface area contributed by atoms with Crippen molar-refractivity contribution in [3.8, 4) is 11.1 Å². The van der Waals surface area contributed by atoms with Gasteiger partial charge in [-0.05, 0) is 53.9 Å². The van der Waals surface area contributed by atoms with E-state index in [-0.39, 0.29) is 48.8 Å². The molecule has 0 aromatic heterocycles. The van der Waals surface area contributed by atoms with Gasteiger partial charge in [0.05, 0.1) is 5.56 Å². The van der Waals surface area contributed by atoms with Crippen molar-refractivity contribution >= 4 is 47.8 Å². The van der Waals surface area contributed by atoms with Crippen LogP contribution in [0.25, 0.3) is 11.1 Å². The number of amidine groups is 1. The van der Waals surface area contributed by atoms with E-state index in [0.717, 1.165) is 4.90 Å². The number of halogens is 1. The summed E-state index contributed by atoms with van der Waals surface area (Å²) in [5, 5.41) is 28.7. The third-order valence-corrected chi connectivity index (χ3v) is 5.29. The number of carboxylic acids is 2. The zero-order chi connectivity index (χ0) is 26.2. The molecule has 0 spiro atoms. The summed E-state index contributed by atoms with van der Waals surface area (Å²) in [7, 11) is 0. The van der Waals surface area contributed by atoms with Crippen LogP contribution in [0.4, 0.5) is 10.5 Å². The Balaban J connectivity index is 0.00000481. The molecular formula is C26H25ClN4O6. The van der Waals surface area contributed by atoms with Crippen LogP contribution in [0, 0.1) is 5.41 Å². The fraction of sp³-hybridized carbons (Fsp3) is 0.115. The highest BCUT2D eigenvalue weighted by molar-refractivity contribution is 6.09. The van der Waals surface area contributed by atoms with E-state index in [1.54, 1.807) is 30.3 Å². The van der Waals surface area contributed by atoms with E-state index >= 15 is 0 Å². The van der Waals surface area contributed by atoms with Gasteiger partial charge >= 0.3 is 18.0 Å². The maximum atomic E-state index is 13.3. The number of carboxylic acid groups (broad SMARTS) is 2. The van der Waals surface area contributed by atoms with Crippen molar-refractivity contribution in [2.24, 2.45) is 5.73 Å². The molecule has 3 rings (SSSR count). The Morgan fingerprint density at radius 2 is 1.51 bits per heavy atom. The number of nitrogens with two attached hydrogens (primary N) is 1. The van der Waals surface area contributed by atoms with Crippen LogP contribution in [-0.4, -0.2) is 51.4 Å². The van der Waals surface area contributed by atoms with Gasteiger partial charge in [-0.2, -0.15) is 0 Å². The maximum absolute atomic E-state index is 13.3. The van der Waals surface area contributed by atoms with Gasteiger partial charge in [0.1, 0.15) is 5.84 Å². The van der Waals surface area contributed by atoms with Crippen LogP contribution in [0.2, 0.25) is 0 Å². The number of nitrogens with one attached hydrogen (secondary N) is 2. The molecule has 0 radical (unpaired) electrons. The summed E-state index contributed by atoms with van der Waals surface area (Å²) in [6.45, 7) is -0.203. The molecule has 0 aliphatic rings. The van der Waals surface area contributed by atoms with Crippen molar-refractivity contribution in [2.75, 3.05) is 11.9 Å². The average Bonchev–Trinajstić information content (AvgIpc) is 2.86. The predicted octanol–water partition coefficient (Wildman–Crippen LogP) is 4.30. The Bertz CT molecular complexity index is 1310. The first-order valence-electron chi connectivity index (χ1n) is 10.9. The van der Waals surface area contributed by atoms with Gasteiger partial charge < -0.3 is 21.3 Å². The van der Waals surface area contributed by atoms with Crippen LogP contribution in [0.1, 0.15) is 39.1 Å². The molecule has 6 N–H and O–H groups in total. The van der Waals surface area contributed by atoms with E-state index in [4.69, 9.17) is 16.2 Å². The van der Waals surface area contributed by atoms with Crippen molar-refractivity contribution < 1.29 is 29.4 Å². The number of carbonyl (C=O) groups is 4. The summed E-state index contributed by atoms with van der Waals surface area (Å²) < 4.78 is 0. The van der Waals surface area contributed by atoms with E-state index in [0.29, 0.717) is 22.4 Å². The Labute approximate surface area is 218 Å². The molecule has 37 heavy (non-hydrogen) atoms. The number of imide groups is 1. The number of urea groups is 1. The number of anilines is 1. The third-order valence-electron chi connectivity index (χ3n) is 5.29. The molecule has 0 aliphatic carbocycles. The topological polar surface area (TPSA) is 174 Å². The van der Waals surface area contributed by atoms with Crippen LogP contribution < -0.4 is 11.1 Å². The highest BCUT2D eigenvalue weighted by Crippen LogP contribution is 2.25. The summed E-state index contributed by atoms with van der Waals surface area (Å²) in [5.74, 6) is -3.24. The van der Waals surface area contributed by atoms with Crippen molar-refractivity contribution in [3.05, 3.63) is 89.5 Å². The van der Waals surface area contributed by atoms with Crippen LogP contribution in [0.3, 0.4) is 0 Å². The SMILES string of the molecule is Cl.N=C(N)c1ccc(NC(=O)N(CCCC(=O)O)C(=O)c2ccc(-c3ccccc3)c(C(=O)O)c2)cc1. The maximum Gasteiger partial charge on any atom is 0.336 e. The second kappa shape index (κ2) is 12.8. The molecule has 10 nitrogen and oxygen atoms in total. The van der Waals surface area contributed by atoms with Gasteiger partial charge in [-0.3, -0.25) is 19.9 Å². The first kappa shape index (κ1) is 28.5. The van der Waals surface area contributed by atoms with Gasteiger partial charge in [0.15, 0.2) is 0 Å². The van der Waals surface area contributed by atoms with E-state index in [1.165, 1.54) is 42.5 Å². The largest absolute Gasteiger partial charge is 0.481 e. The highest BCUT2D eigenvalue weighted by Gasteiger charge is 2.25. The van der Waals surface area contributed by atoms with Crippen molar-refractivity contribution in [1.29, 1.82) is 5.41 Å². The average molecular weight is 525 g/mol. The Morgan fingerprint density at radius 1 is 0.892 bits per heavy atom. The lowest BCUT2D eigenvalue weighted by Gasteiger charge is -2.22. The number of hydrogen-bond acceptors (Lipinski definition) is 5. The Kier molecular flexibility index (Phi) is 9.91. The number of benzene rings is 3. The smallest absolute Gasteiger partial charge is 0.336 e. The summed E-state index contributed by atoms with van der Waals surface area (Å²) in [5.41, 5.74) is 7.11. The number of aromatic carboxylic acids is 1. The second-order valence-electron chi connectivity index (χ2n) is 7.81. The number of amides is 3. The van der Waals surface area contributed by atoms with E-state index < -0.39 is 23.9 Å². The van der Waals surface area contributed by atoms with Crippen LogP contribution in [0.15, 0.2) is 72.8 Å². The van der Waals surface area contributed by atoms with E-state index in [2.05, 4.69) is 5.32 Å². The zero-order valence-electron chi connectivity index (χ0n) is 19.5. The predicted molar refractivity (Wildman–Crippen MR) is 140 cm³/mol. The number of aliphatic carboxylic acids is 1. The molecule has 0 atom stereocenters. The first-order chi connectivity index (χ1) is 17.2. The number of nitrogen functional groups attached to an aromatic ring is 1. The molecule has 0 aliphatic heterocycles. The molecule has 3 amide bonds. The summed E-state index contributed by atoms with van der Waals surface area (Å²) in [6, 6.07) is 18.2. The Hall–Kier alpha value is -4.70. The molecule has 192 valence electrons. The molecule has 0 bridgehead atoms. The van der Waals surface area contributed by atoms with Crippen LogP contribution in [0.5, 0.6) is 0 Å². The van der Waals surface area contributed by atoms with Gasteiger partial charge in [0.2, 0.25) is 0 Å². The molecular weight excluding hydrogens is 500 g/mol. The van der Waals surface area contributed by atoms with Crippen LogP contribution in [-0.2, 0) is 4.79 Å². The fourth-order valence-electron chi connectivity index (χ4n) is 3.49. The van der Waals surface area contributed by atoms with Crippen molar-refractivity contribution in [1.82, 2.24) is 4.90 Å². The lowest BCUT2D eigenvalue weighted by Crippen LogP contribution is -2.41. The molecule has 11 heteroatoms. The highest BCUT2D eigenvalue weighted by atomic mass is 35.5. The van der Waals surface area contributed by atoms with Gasteiger partial charge in [-0.1, -0.05) is 36.4 Å². The number of hydrogen-bond donors (Lipinski definition) is 5. The van der Waals surface area contributed by atoms with E-state index in [9.17, 15) is 24.3 Å². The normalized spacial score (nSPS) is 10.1. The molecule has 0 saturated carbocycles. The standard InChI is InChI=1S/C26H24N4O6.ClH/c27-23(28)17-8-11-19(12-9-17)29-26(36)30(14-4-7-22(31)32)24(33)18-10-13-20(21(15-18)25(34)35)16-5-2-1-3-6-16;/h1-3,5-6,8-13,15H,4,7,14H2,(H3,27,28)(H,29,36)(H,31,32)(H,34,35);1H. The molecule has 3 aromatic rings. The number of nitrogens with zero attached hydrogens (tertiary/aromatic N) is 1. The molecule has 3 aromatic carbocycles. The second-order valence-corrected chi connectivity index (χ2v) is 7.81. The summed E-state index contributed by atoms with van der Waals surface area (Å²) in [4.78, 5) is 50.0. The minimum Gasteiger partial charge on any atom is -0.481 e. The minimum absolute atomic E-state index is 0. The van der Waals surface area contributed by atoms with E-state index in [1.807, 2.05) is 0 Å². The number of carbonyl (C=O) groups excluding carboxylic acids is 2. The molecule has 0 saturated heterocycles. The zero-order valence-corrected chi connectivity index (χ0v) is 20.3. The van der Waals surface area contributed by atoms with Gasteiger partial charge in [-0.25, -0.2) is 9.59 Å². The lowest BCUT2D eigenvalue weighted by atomic mass is 9.97. The molecule has 0 heterocycles. The van der Waals surface area contributed by atoms with Gasteiger partial charge in [0.25, 0.3) is 5.91 Å². The monoisotopic (exact) mass is 524 g/mol. The fourth-order valence-corrected chi connectivity index (χ4v) is 3.49. The first-order valence-corrected chi connectivity index (χ1v) is 10.9. The summed E-state index contributed by atoms with van der Waals surface area (Å²) in [6.07, 6.45) is -0.261. The quantitative estimate of drug-likeness (QED) is 0.205. The summed E-state index contributed by atoms with van der Waals surface area (Å²) >= 11 is 0. The lowest BCUT2D eigenvalue weighted by molar-refractivity contribution is -0.137. The van der Waals surface area contributed by atoms with Crippen LogP contribution >= 0.6 is 12.4 Å². The number of rotatable bonds is 9. The van der Waals surface area contributed by atoms with Crippen molar-refractivity contribution in [3.63, 3.8) is 0 Å². The molecule has 0 unspecified atom stereocenters.